The molecule has 0 aliphatic carbocycles. The van der Waals surface area contributed by atoms with Crippen LogP contribution in [0.25, 0.3) is 0 Å². The second-order valence-electron chi connectivity index (χ2n) is 4.38. The van der Waals surface area contributed by atoms with Crippen LogP contribution in [-0.2, 0) is 11.3 Å². The molecule has 2 heterocycles. The molecule has 2 N–H and O–H groups in total. The number of hydrogen-bond donors (Lipinski definition) is 2. The number of nitrogens with zero attached hydrogens (tertiary/aromatic N) is 1. The first-order chi connectivity index (χ1) is 10.1. The second-order valence-corrected chi connectivity index (χ2v) is 6.84. The average Bonchev–Trinajstić information content (AvgIpc) is 2.92. The Bertz CT molecular complexity index is 630. The van der Waals surface area contributed by atoms with Gasteiger partial charge in [0.25, 0.3) is 5.91 Å². The molecule has 110 valence electrons. The van der Waals surface area contributed by atoms with Gasteiger partial charge in [0.05, 0.1) is 8.66 Å². The third kappa shape index (κ3) is 4.64. The van der Waals surface area contributed by atoms with Crippen LogP contribution in [0.15, 0.2) is 40.4 Å². The smallest absolute Gasteiger partial charge is 0.262 e. The summed E-state index contributed by atoms with van der Waals surface area (Å²) >= 11 is 4.62. The number of carbonyl (C=O) groups excluding carboxylic acids is 2. The Morgan fingerprint density at radius 1 is 1.38 bits per heavy atom. The lowest BCUT2D eigenvalue weighted by molar-refractivity contribution is -0.122. The molecule has 0 aliphatic rings. The summed E-state index contributed by atoms with van der Waals surface area (Å²) in [6.07, 6.45) is 3.36. The summed E-state index contributed by atoms with van der Waals surface area (Å²) < 4.78 is 0.876. The maximum Gasteiger partial charge on any atom is 0.262 e. The number of hydrogen-bond acceptors (Lipinski definition) is 4. The number of halogens is 1. The lowest BCUT2D eigenvalue weighted by Gasteiger charge is -2.13. The predicted octanol–water partition coefficient (Wildman–Crippen LogP) is 2.34. The van der Waals surface area contributed by atoms with Crippen molar-refractivity contribution in [1.29, 1.82) is 0 Å². The van der Waals surface area contributed by atoms with Crippen molar-refractivity contribution < 1.29 is 9.59 Å². The molecular formula is C14H14BrN3O2S. The summed E-state index contributed by atoms with van der Waals surface area (Å²) in [5, 5.41) is 5.43. The van der Waals surface area contributed by atoms with Crippen molar-refractivity contribution in [3.05, 3.63) is 50.9 Å². The molecular weight excluding hydrogens is 354 g/mol. The number of nitrogens with one attached hydrogen (secondary N) is 2. The molecule has 0 bridgehead atoms. The molecule has 0 radical (unpaired) electrons. The van der Waals surface area contributed by atoms with Crippen molar-refractivity contribution >= 4 is 39.1 Å². The van der Waals surface area contributed by atoms with Crippen LogP contribution in [0.4, 0.5) is 0 Å². The molecule has 7 heteroatoms. The zero-order chi connectivity index (χ0) is 15.2. The normalized spacial score (nSPS) is 11.7. The van der Waals surface area contributed by atoms with Gasteiger partial charge in [-0.05, 0) is 46.6 Å². The summed E-state index contributed by atoms with van der Waals surface area (Å²) in [7, 11) is 0. The highest BCUT2D eigenvalue weighted by Crippen LogP contribution is 2.21. The monoisotopic (exact) mass is 367 g/mol. The summed E-state index contributed by atoms with van der Waals surface area (Å²) in [4.78, 5) is 28.4. The minimum Gasteiger partial charge on any atom is -0.350 e. The molecule has 0 unspecified atom stereocenters. The summed E-state index contributed by atoms with van der Waals surface area (Å²) in [5.41, 5.74) is 0.909. The zero-order valence-corrected chi connectivity index (χ0v) is 13.7. The third-order valence-corrected chi connectivity index (χ3v) is 4.35. The summed E-state index contributed by atoms with van der Waals surface area (Å²) in [6, 6.07) is 6.59. The highest BCUT2D eigenvalue weighted by atomic mass is 79.9. The maximum absolute atomic E-state index is 11.9. The molecule has 0 aromatic carbocycles. The fraction of sp³-hybridized carbons (Fsp3) is 0.214. The first-order valence-electron chi connectivity index (χ1n) is 6.29. The number of thiophene rings is 1. The van der Waals surface area contributed by atoms with Crippen LogP contribution in [0.1, 0.15) is 22.2 Å². The van der Waals surface area contributed by atoms with Crippen molar-refractivity contribution in [1.82, 2.24) is 15.6 Å². The molecule has 5 nitrogen and oxygen atoms in total. The second kappa shape index (κ2) is 7.33. The van der Waals surface area contributed by atoms with E-state index in [0.717, 1.165) is 9.35 Å². The van der Waals surface area contributed by atoms with E-state index in [9.17, 15) is 9.59 Å². The lowest BCUT2D eigenvalue weighted by Crippen LogP contribution is -2.44. The van der Waals surface area contributed by atoms with Gasteiger partial charge in [-0.25, -0.2) is 0 Å². The van der Waals surface area contributed by atoms with E-state index in [1.165, 1.54) is 11.3 Å². The van der Waals surface area contributed by atoms with Crippen molar-refractivity contribution in [3.8, 4) is 0 Å². The fourth-order valence-electron chi connectivity index (χ4n) is 1.61. The standard InChI is InChI=1S/C14H14BrN3O2S/c1-9(18-14(20)11-4-5-12(15)21-11)13(19)17-8-10-3-2-6-16-7-10/h2-7,9H,8H2,1H3,(H,17,19)(H,18,20)/t9-/m1/s1. The molecule has 0 saturated heterocycles. The zero-order valence-electron chi connectivity index (χ0n) is 11.3. The van der Waals surface area contributed by atoms with E-state index in [0.29, 0.717) is 11.4 Å². The quantitative estimate of drug-likeness (QED) is 0.851. The van der Waals surface area contributed by atoms with Gasteiger partial charge in [-0.1, -0.05) is 6.07 Å². The van der Waals surface area contributed by atoms with E-state index in [1.807, 2.05) is 6.07 Å². The van der Waals surface area contributed by atoms with E-state index in [4.69, 9.17) is 0 Å². The van der Waals surface area contributed by atoms with Gasteiger partial charge in [-0.15, -0.1) is 11.3 Å². The van der Waals surface area contributed by atoms with Gasteiger partial charge in [-0.2, -0.15) is 0 Å². The molecule has 0 spiro atoms. The average molecular weight is 368 g/mol. The first kappa shape index (κ1) is 15.7. The molecule has 2 aromatic heterocycles. The number of pyridine rings is 1. The molecule has 1 atom stereocenters. The lowest BCUT2D eigenvalue weighted by atomic mass is 10.2. The van der Waals surface area contributed by atoms with E-state index >= 15 is 0 Å². The van der Waals surface area contributed by atoms with Crippen molar-refractivity contribution in [3.63, 3.8) is 0 Å². The molecule has 21 heavy (non-hydrogen) atoms. The number of aromatic nitrogens is 1. The Labute approximate surface area is 134 Å². The van der Waals surface area contributed by atoms with Gasteiger partial charge >= 0.3 is 0 Å². The van der Waals surface area contributed by atoms with Crippen LogP contribution < -0.4 is 10.6 Å². The van der Waals surface area contributed by atoms with Crippen LogP contribution >= 0.6 is 27.3 Å². The fourth-order valence-corrected chi connectivity index (χ4v) is 2.90. The summed E-state index contributed by atoms with van der Waals surface area (Å²) in [6.45, 7) is 2.04. The predicted molar refractivity (Wildman–Crippen MR) is 85.0 cm³/mol. The van der Waals surface area contributed by atoms with Crippen molar-refractivity contribution in [2.75, 3.05) is 0 Å². The van der Waals surface area contributed by atoms with Crippen LogP contribution in [-0.4, -0.2) is 22.8 Å². The summed E-state index contributed by atoms with van der Waals surface area (Å²) in [5.74, 6) is -0.488. The van der Waals surface area contributed by atoms with Gasteiger partial charge < -0.3 is 10.6 Å². The van der Waals surface area contributed by atoms with Crippen LogP contribution in [0.3, 0.4) is 0 Å². The Morgan fingerprint density at radius 3 is 2.81 bits per heavy atom. The number of amides is 2. The van der Waals surface area contributed by atoms with E-state index in [2.05, 4.69) is 31.5 Å². The van der Waals surface area contributed by atoms with E-state index in [1.54, 1.807) is 37.5 Å². The molecule has 0 aliphatic heterocycles. The third-order valence-electron chi connectivity index (χ3n) is 2.73. The maximum atomic E-state index is 11.9. The number of carbonyl (C=O) groups is 2. The van der Waals surface area contributed by atoms with Crippen molar-refractivity contribution in [2.24, 2.45) is 0 Å². The first-order valence-corrected chi connectivity index (χ1v) is 7.90. The topological polar surface area (TPSA) is 71.1 Å². The van der Waals surface area contributed by atoms with Gasteiger partial charge in [-0.3, -0.25) is 14.6 Å². The Kier molecular flexibility index (Phi) is 5.46. The molecule has 0 saturated carbocycles. The minimum absolute atomic E-state index is 0.233. The highest BCUT2D eigenvalue weighted by Gasteiger charge is 2.17. The van der Waals surface area contributed by atoms with Crippen molar-refractivity contribution in [2.45, 2.75) is 19.5 Å². The molecule has 2 amide bonds. The van der Waals surface area contributed by atoms with Gasteiger partial charge in [0.2, 0.25) is 5.91 Å². The van der Waals surface area contributed by atoms with Gasteiger partial charge in [0.1, 0.15) is 6.04 Å². The highest BCUT2D eigenvalue weighted by molar-refractivity contribution is 9.11. The number of rotatable bonds is 5. The SMILES string of the molecule is C[C@@H](NC(=O)c1ccc(Br)s1)C(=O)NCc1cccnc1. The van der Waals surface area contributed by atoms with E-state index < -0.39 is 6.04 Å². The van der Waals surface area contributed by atoms with E-state index in [-0.39, 0.29) is 11.8 Å². The van der Waals surface area contributed by atoms with Gasteiger partial charge in [0.15, 0.2) is 0 Å². The Hall–Kier alpha value is -1.73. The van der Waals surface area contributed by atoms with Crippen LogP contribution in [0, 0.1) is 0 Å². The van der Waals surface area contributed by atoms with Crippen LogP contribution in [0.2, 0.25) is 0 Å². The largest absolute Gasteiger partial charge is 0.350 e. The molecule has 2 aromatic rings. The molecule has 2 rings (SSSR count). The minimum atomic E-state index is -0.602. The Morgan fingerprint density at radius 2 is 2.19 bits per heavy atom. The molecule has 0 fully saturated rings. The Balaban J connectivity index is 1.83. The van der Waals surface area contributed by atoms with Gasteiger partial charge in [0, 0.05) is 18.9 Å². The van der Waals surface area contributed by atoms with Crippen LogP contribution in [0.5, 0.6) is 0 Å².